The van der Waals surface area contributed by atoms with E-state index in [1.807, 2.05) is 11.4 Å². The molecule has 0 N–H and O–H groups in total. The van der Waals surface area contributed by atoms with Crippen molar-refractivity contribution in [2.24, 2.45) is 0 Å². The average Bonchev–Trinajstić information content (AvgIpc) is 2.58. The van der Waals surface area contributed by atoms with Crippen LogP contribution in [0.1, 0.15) is 4.88 Å². The number of amides is 2. The maximum atomic E-state index is 11.4. The van der Waals surface area contributed by atoms with Gasteiger partial charge >= 0.3 is 0 Å². The van der Waals surface area contributed by atoms with E-state index in [0.717, 1.165) is 9.35 Å². The molecule has 1 aliphatic heterocycles. The van der Waals surface area contributed by atoms with Crippen molar-refractivity contribution in [2.45, 2.75) is 6.54 Å². The van der Waals surface area contributed by atoms with E-state index in [-0.39, 0.29) is 25.0 Å². The topological polar surface area (TPSA) is 46.6 Å². The third kappa shape index (κ3) is 2.45. The van der Waals surface area contributed by atoms with Gasteiger partial charge in [-0.25, -0.2) is 0 Å². The highest BCUT2D eigenvalue weighted by Gasteiger charge is 2.26. The standard InChI is InChI=1S/C9H8BrNO3S/c10-6-1-7(15-5-6)2-11-8(12)3-14-4-9(11)13/h1,5H,2-4H2. The van der Waals surface area contributed by atoms with Gasteiger partial charge in [-0.1, -0.05) is 0 Å². The van der Waals surface area contributed by atoms with Crippen molar-refractivity contribution in [3.8, 4) is 0 Å². The van der Waals surface area contributed by atoms with E-state index in [1.165, 1.54) is 16.2 Å². The van der Waals surface area contributed by atoms with E-state index in [2.05, 4.69) is 15.9 Å². The zero-order chi connectivity index (χ0) is 10.8. The van der Waals surface area contributed by atoms with Crippen LogP contribution in [0.2, 0.25) is 0 Å². The Kier molecular flexibility index (Phi) is 3.18. The first-order chi connectivity index (χ1) is 7.16. The summed E-state index contributed by atoms with van der Waals surface area (Å²) in [5, 5.41) is 1.92. The largest absolute Gasteiger partial charge is 0.362 e. The van der Waals surface area contributed by atoms with Crippen LogP contribution in [0.15, 0.2) is 15.9 Å². The molecule has 4 nitrogen and oxygen atoms in total. The number of ether oxygens (including phenoxy) is 1. The second-order valence-corrected chi connectivity index (χ2v) is 5.01. The zero-order valence-electron chi connectivity index (χ0n) is 7.73. The smallest absolute Gasteiger partial charge is 0.255 e. The summed E-state index contributed by atoms with van der Waals surface area (Å²) in [5.74, 6) is -0.536. The number of hydrogen-bond acceptors (Lipinski definition) is 4. The van der Waals surface area contributed by atoms with Crippen molar-refractivity contribution < 1.29 is 14.3 Å². The molecule has 1 aliphatic rings. The molecule has 15 heavy (non-hydrogen) atoms. The molecule has 0 radical (unpaired) electrons. The van der Waals surface area contributed by atoms with Crippen LogP contribution in [0.3, 0.4) is 0 Å². The lowest BCUT2D eigenvalue weighted by Crippen LogP contribution is -2.45. The molecule has 2 rings (SSSR count). The van der Waals surface area contributed by atoms with Crippen molar-refractivity contribution in [3.05, 3.63) is 20.8 Å². The van der Waals surface area contributed by atoms with Crippen molar-refractivity contribution in [1.29, 1.82) is 0 Å². The van der Waals surface area contributed by atoms with Crippen molar-refractivity contribution in [1.82, 2.24) is 4.90 Å². The van der Waals surface area contributed by atoms with E-state index in [9.17, 15) is 9.59 Å². The summed E-state index contributed by atoms with van der Waals surface area (Å²) >= 11 is 4.84. The molecule has 0 aliphatic carbocycles. The van der Waals surface area contributed by atoms with Crippen LogP contribution < -0.4 is 0 Å². The minimum absolute atomic E-state index is 0.00170. The molecule has 0 atom stereocenters. The highest BCUT2D eigenvalue weighted by atomic mass is 79.9. The summed E-state index contributed by atoms with van der Waals surface area (Å²) in [4.78, 5) is 25.0. The van der Waals surface area contributed by atoms with Gasteiger partial charge in [0.05, 0.1) is 6.54 Å². The summed E-state index contributed by atoms with van der Waals surface area (Å²) in [6.45, 7) is 0.341. The molecule has 0 unspecified atom stereocenters. The van der Waals surface area contributed by atoms with Crippen LogP contribution >= 0.6 is 27.3 Å². The maximum Gasteiger partial charge on any atom is 0.255 e. The summed E-state index contributed by atoms with van der Waals surface area (Å²) in [7, 11) is 0. The number of thiophene rings is 1. The fourth-order valence-corrected chi connectivity index (χ4v) is 2.73. The van der Waals surface area contributed by atoms with E-state index < -0.39 is 0 Å². The van der Waals surface area contributed by atoms with Gasteiger partial charge < -0.3 is 4.74 Å². The minimum Gasteiger partial charge on any atom is -0.362 e. The van der Waals surface area contributed by atoms with Gasteiger partial charge in [-0.05, 0) is 22.0 Å². The van der Waals surface area contributed by atoms with Crippen LogP contribution in [0, 0.1) is 0 Å². The first-order valence-corrected chi connectivity index (χ1v) is 5.98. The summed E-state index contributed by atoms with van der Waals surface area (Å²) in [5.41, 5.74) is 0. The lowest BCUT2D eigenvalue weighted by atomic mass is 10.3. The number of carbonyl (C=O) groups excluding carboxylic acids is 2. The minimum atomic E-state index is -0.268. The fourth-order valence-electron chi connectivity index (χ4n) is 1.29. The highest BCUT2D eigenvalue weighted by molar-refractivity contribution is 9.10. The summed E-state index contributed by atoms with van der Waals surface area (Å²) in [6.07, 6.45) is 0. The van der Waals surface area contributed by atoms with Gasteiger partial charge in [-0.2, -0.15) is 0 Å². The van der Waals surface area contributed by atoms with Crippen LogP contribution in [0.25, 0.3) is 0 Å². The molecule has 80 valence electrons. The van der Waals surface area contributed by atoms with Gasteiger partial charge in [-0.15, -0.1) is 11.3 Å². The third-order valence-electron chi connectivity index (χ3n) is 1.99. The van der Waals surface area contributed by atoms with Crippen LogP contribution in [0.4, 0.5) is 0 Å². The monoisotopic (exact) mass is 289 g/mol. The Bertz CT molecular complexity index is 388. The van der Waals surface area contributed by atoms with E-state index in [0.29, 0.717) is 6.54 Å². The molecule has 6 heteroatoms. The van der Waals surface area contributed by atoms with Gasteiger partial charge in [-0.3, -0.25) is 14.5 Å². The van der Waals surface area contributed by atoms with Gasteiger partial charge in [0.1, 0.15) is 13.2 Å². The first-order valence-electron chi connectivity index (χ1n) is 4.30. The molecule has 1 aromatic rings. The molecule has 1 aromatic heterocycles. The number of nitrogens with zero attached hydrogens (tertiary/aromatic N) is 1. The lowest BCUT2D eigenvalue weighted by molar-refractivity contribution is -0.159. The van der Waals surface area contributed by atoms with Gasteiger partial charge in [0.2, 0.25) is 0 Å². The molecular formula is C9H8BrNO3S. The van der Waals surface area contributed by atoms with E-state index in [1.54, 1.807) is 0 Å². The molecule has 0 aromatic carbocycles. The Morgan fingerprint density at radius 3 is 2.60 bits per heavy atom. The van der Waals surface area contributed by atoms with Crippen molar-refractivity contribution >= 4 is 39.1 Å². The second kappa shape index (κ2) is 4.42. The third-order valence-corrected chi connectivity index (χ3v) is 3.67. The Morgan fingerprint density at radius 1 is 1.40 bits per heavy atom. The number of imide groups is 1. The van der Waals surface area contributed by atoms with Crippen molar-refractivity contribution in [2.75, 3.05) is 13.2 Å². The second-order valence-electron chi connectivity index (χ2n) is 3.10. The molecule has 0 saturated carbocycles. The SMILES string of the molecule is O=C1COCC(=O)N1Cc1cc(Br)cs1. The fraction of sp³-hybridized carbons (Fsp3) is 0.333. The first kappa shape index (κ1) is 10.8. The van der Waals surface area contributed by atoms with Crippen LogP contribution in [-0.4, -0.2) is 29.9 Å². The molecule has 0 bridgehead atoms. The van der Waals surface area contributed by atoms with Gasteiger partial charge in [0.15, 0.2) is 0 Å². The summed E-state index contributed by atoms with van der Waals surface area (Å²) in [6, 6.07) is 1.90. The summed E-state index contributed by atoms with van der Waals surface area (Å²) < 4.78 is 5.79. The van der Waals surface area contributed by atoms with Gasteiger partial charge in [0, 0.05) is 14.7 Å². The molecule has 0 spiro atoms. The Hall–Kier alpha value is -0.720. The highest BCUT2D eigenvalue weighted by Crippen LogP contribution is 2.21. The molecule has 1 fully saturated rings. The molecule has 1 saturated heterocycles. The number of morpholine rings is 1. The zero-order valence-corrected chi connectivity index (χ0v) is 10.1. The number of carbonyl (C=O) groups is 2. The number of hydrogen-bond donors (Lipinski definition) is 0. The Balaban J connectivity index is 2.09. The van der Waals surface area contributed by atoms with E-state index in [4.69, 9.17) is 4.74 Å². The molecular weight excluding hydrogens is 282 g/mol. The molecule has 2 amide bonds. The van der Waals surface area contributed by atoms with Crippen LogP contribution in [0.5, 0.6) is 0 Å². The quantitative estimate of drug-likeness (QED) is 0.773. The maximum absolute atomic E-state index is 11.4. The molecule has 2 heterocycles. The number of halogens is 1. The van der Waals surface area contributed by atoms with Crippen LogP contribution in [-0.2, 0) is 20.9 Å². The predicted molar refractivity (Wildman–Crippen MR) is 58.4 cm³/mol. The van der Waals surface area contributed by atoms with Crippen molar-refractivity contribution in [3.63, 3.8) is 0 Å². The normalized spacial score (nSPS) is 17.3. The Labute approximate surface area is 99.0 Å². The Morgan fingerprint density at radius 2 is 2.07 bits per heavy atom. The number of rotatable bonds is 2. The lowest BCUT2D eigenvalue weighted by Gasteiger charge is -2.24. The van der Waals surface area contributed by atoms with Gasteiger partial charge in [0.25, 0.3) is 11.8 Å². The predicted octanol–water partition coefficient (Wildman–Crippen LogP) is 1.40. The van der Waals surface area contributed by atoms with E-state index >= 15 is 0 Å². The average molecular weight is 290 g/mol.